The van der Waals surface area contributed by atoms with Crippen LogP contribution >= 0.6 is 11.3 Å². The zero-order valence-electron chi connectivity index (χ0n) is 14.5. The lowest BCUT2D eigenvalue weighted by molar-refractivity contribution is -0.122. The second-order valence-corrected chi connectivity index (χ2v) is 8.54. The predicted octanol–water partition coefficient (Wildman–Crippen LogP) is 3.24. The van der Waals surface area contributed by atoms with Gasteiger partial charge in [0.05, 0.1) is 11.8 Å². The fourth-order valence-electron chi connectivity index (χ4n) is 5.24. The van der Waals surface area contributed by atoms with E-state index < -0.39 is 0 Å². The van der Waals surface area contributed by atoms with Gasteiger partial charge in [-0.25, -0.2) is 4.90 Å². The van der Waals surface area contributed by atoms with E-state index in [2.05, 4.69) is 34.5 Å². The van der Waals surface area contributed by atoms with Crippen LogP contribution in [0.5, 0.6) is 0 Å². The van der Waals surface area contributed by atoms with Gasteiger partial charge < -0.3 is 0 Å². The average Bonchev–Trinajstić information content (AvgIpc) is 3.23. The number of anilines is 1. The SMILES string of the molecule is Cc1nnc(N2C(=O)[C@@H]3C4c5ccccc5C(c5ccccc54)[C@H]3C2=O)s1. The van der Waals surface area contributed by atoms with Crippen molar-refractivity contribution in [3.63, 3.8) is 0 Å². The van der Waals surface area contributed by atoms with Crippen molar-refractivity contribution < 1.29 is 9.59 Å². The zero-order chi connectivity index (χ0) is 18.3. The predicted molar refractivity (Wildman–Crippen MR) is 101 cm³/mol. The number of hydrogen-bond acceptors (Lipinski definition) is 5. The molecule has 2 aromatic carbocycles. The molecule has 2 amide bonds. The van der Waals surface area contributed by atoms with E-state index in [0.717, 1.165) is 5.01 Å². The third-order valence-electron chi connectivity index (χ3n) is 6.16. The molecule has 132 valence electrons. The molecule has 5 nitrogen and oxygen atoms in total. The summed E-state index contributed by atoms with van der Waals surface area (Å²) < 4.78 is 0. The third kappa shape index (κ3) is 1.78. The average molecular weight is 373 g/mol. The van der Waals surface area contributed by atoms with Crippen molar-refractivity contribution in [1.82, 2.24) is 10.2 Å². The summed E-state index contributed by atoms with van der Waals surface area (Å²) in [5.41, 5.74) is 4.72. The first kappa shape index (κ1) is 15.2. The Morgan fingerprint density at radius 3 is 1.59 bits per heavy atom. The number of aromatic nitrogens is 2. The first-order valence-corrected chi connectivity index (χ1v) is 9.84. The van der Waals surface area contributed by atoms with Crippen molar-refractivity contribution in [2.75, 3.05) is 4.90 Å². The summed E-state index contributed by atoms with van der Waals surface area (Å²) >= 11 is 1.29. The molecule has 0 unspecified atom stereocenters. The number of carbonyl (C=O) groups excluding carboxylic acids is 2. The summed E-state index contributed by atoms with van der Waals surface area (Å²) in [7, 11) is 0. The van der Waals surface area contributed by atoms with Crippen LogP contribution in [0.25, 0.3) is 0 Å². The number of hydrogen-bond donors (Lipinski definition) is 0. The van der Waals surface area contributed by atoms with Crippen LogP contribution in [0.4, 0.5) is 5.13 Å². The van der Waals surface area contributed by atoms with Crippen molar-refractivity contribution >= 4 is 28.3 Å². The number of nitrogens with zero attached hydrogens (tertiary/aromatic N) is 3. The Morgan fingerprint density at radius 1 is 0.778 bits per heavy atom. The largest absolute Gasteiger partial charge is 0.274 e. The minimum absolute atomic E-state index is 0.0807. The number of amides is 2. The van der Waals surface area contributed by atoms with Gasteiger partial charge in [0.15, 0.2) is 0 Å². The third-order valence-corrected chi connectivity index (χ3v) is 6.98. The Kier molecular flexibility index (Phi) is 2.88. The van der Waals surface area contributed by atoms with Crippen molar-refractivity contribution in [3.8, 4) is 0 Å². The van der Waals surface area contributed by atoms with Crippen molar-refractivity contribution in [2.24, 2.45) is 11.8 Å². The quantitative estimate of drug-likeness (QED) is 0.615. The molecule has 7 rings (SSSR count). The molecule has 1 aromatic heterocycles. The maximum atomic E-state index is 13.4. The maximum Gasteiger partial charge on any atom is 0.240 e. The summed E-state index contributed by atoms with van der Waals surface area (Å²) in [4.78, 5) is 28.1. The van der Waals surface area contributed by atoms with Gasteiger partial charge in [-0.2, -0.15) is 0 Å². The van der Waals surface area contributed by atoms with Crippen LogP contribution in [0.2, 0.25) is 0 Å². The van der Waals surface area contributed by atoms with E-state index in [1.165, 1.54) is 38.5 Å². The van der Waals surface area contributed by atoms with E-state index in [9.17, 15) is 9.59 Å². The Bertz CT molecular complexity index is 1020. The minimum Gasteiger partial charge on any atom is -0.274 e. The van der Waals surface area contributed by atoms with Gasteiger partial charge in [0.25, 0.3) is 0 Å². The topological polar surface area (TPSA) is 63.2 Å². The second kappa shape index (κ2) is 5.10. The lowest BCUT2D eigenvalue weighted by Gasteiger charge is -2.45. The molecule has 0 N–H and O–H groups in total. The molecule has 0 radical (unpaired) electrons. The van der Waals surface area contributed by atoms with Gasteiger partial charge >= 0.3 is 0 Å². The van der Waals surface area contributed by atoms with E-state index >= 15 is 0 Å². The molecule has 0 spiro atoms. The van der Waals surface area contributed by atoms with Gasteiger partial charge in [0, 0.05) is 11.8 Å². The van der Waals surface area contributed by atoms with Crippen molar-refractivity contribution in [3.05, 3.63) is 75.8 Å². The van der Waals surface area contributed by atoms with Crippen LogP contribution in [-0.2, 0) is 9.59 Å². The van der Waals surface area contributed by atoms with Crippen LogP contribution in [0.3, 0.4) is 0 Å². The number of imide groups is 1. The van der Waals surface area contributed by atoms with Crippen molar-refractivity contribution in [2.45, 2.75) is 18.8 Å². The first-order valence-electron chi connectivity index (χ1n) is 9.02. The summed E-state index contributed by atoms with van der Waals surface area (Å²) in [6.07, 6.45) is 0. The molecule has 3 aromatic rings. The highest BCUT2D eigenvalue weighted by atomic mass is 32.1. The molecule has 0 saturated carbocycles. The molecular formula is C21H15N3O2S. The van der Waals surface area contributed by atoms with E-state index in [4.69, 9.17) is 0 Å². The molecular weight excluding hydrogens is 358 g/mol. The van der Waals surface area contributed by atoms with Crippen LogP contribution in [0, 0.1) is 18.8 Å². The number of aryl methyl sites for hydroxylation is 1. The van der Waals surface area contributed by atoms with Gasteiger partial charge in [-0.3, -0.25) is 9.59 Å². The number of rotatable bonds is 1. The monoisotopic (exact) mass is 373 g/mol. The maximum absolute atomic E-state index is 13.4. The minimum atomic E-state index is -0.364. The van der Waals surface area contributed by atoms with E-state index in [-0.39, 0.29) is 35.5 Å². The molecule has 27 heavy (non-hydrogen) atoms. The second-order valence-electron chi connectivity index (χ2n) is 7.38. The Labute approximate surface area is 159 Å². The first-order chi connectivity index (χ1) is 13.2. The van der Waals surface area contributed by atoms with Gasteiger partial charge in [-0.05, 0) is 29.2 Å². The van der Waals surface area contributed by atoms with Crippen LogP contribution in [-0.4, -0.2) is 22.0 Å². The summed E-state index contributed by atoms with van der Waals surface area (Å²) in [6.45, 7) is 1.83. The van der Waals surface area contributed by atoms with Gasteiger partial charge in [0.2, 0.25) is 16.9 Å². The number of carbonyl (C=O) groups is 2. The summed E-state index contributed by atoms with van der Waals surface area (Å²) in [6, 6.07) is 16.5. The van der Waals surface area contributed by atoms with Gasteiger partial charge in [-0.15, -0.1) is 10.2 Å². The molecule has 3 aliphatic carbocycles. The van der Waals surface area contributed by atoms with Crippen LogP contribution < -0.4 is 4.90 Å². The lowest BCUT2D eigenvalue weighted by Crippen LogP contribution is -2.41. The molecule has 4 aliphatic rings. The zero-order valence-corrected chi connectivity index (χ0v) is 15.3. The van der Waals surface area contributed by atoms with E-state index in [0.29, 0.717) is 5.13 Å². The van der Waals surface area contributed by atoms with Crippen LogP contribution in [0.15, 0.2) is 48.5 Å². The molecule has 1 saturated heterocycles. The highest BCUT2D eigenvalue weighted by molar-refractivity contribution is 7.15. The van der Waals surface area contributed by atoms with Gasteiger partial charge in [-0.1, -0.05) is 59.9 Å². The molecule has 2 heterocycles. The lowest BCUT2D eigenvalue weighted by atomic mass is 9.55. The standard InChI is InChI=1S/C21H15N3O2S/c1-10-22-23-21(27-10)24-19(25)17-15-11-6-2-3-7-12(11)16(18(17)20(24)26)14-9-5-4-8-13(14)15/h2-9,15-18H,1H3/t15?,16?,17-,18-/m1/s1. The molecule has 1 fully saturated rings. The van der Waals surface area contributed by atoms with Crippen LogP contribution in [0.1, 0.15) is 39.1 Å². The van der Waals surface area contributed by atoms with Gasteiger partial charge in [0.1, 0.15) is 5.01 Å². The molecule has 6 heteroatoms. The Morgan fingerprint density at radius 2 is 1.22 bits per heavy atom. The van der Waals surface area contributed by atoms with E-state index in [1.54, 1.807) is 0 Å². The number of benzene rings is 2. The summed E-state index contributed by atoms with van der Waals surface area (Å²) in [5, 5.41) is 9.22. The highest BCUT2D eigenvalue weighted by Crippen LogP contribution is 2.61. The molecule has 1 aliphatic heterocycles. The smallest absolute Gasteiger partial charge is 0.240 e. The van der Waals surface area contributed by atoms with Crippen molar-refractivity contribution in [1.29, 1.82) is 0 Å². The highest BCUT2D eigenvalue weighted by Gasteiger charge is 2.62. The Hall–Kier alpha value is -2.86. The molecule has 2 bridgehead atoms. The molecule has 2 atom stereocenters. The van der Waals surface area contributed by atoms with E-state index in [1.807, 2.05) is 31.2 Å². The fourth-order valence-corrected chi connectivity index (χ4v) is 5.94. The fraction of sp³-hybridized carbons (Fsp3) is 0.238. The summed E-state index contributed by atoms with van der Waals surface area (Å²) in [5.74, 6) is -1.17. The Balaban J connectivity index is 1.59. The normalized spacial score (nSPS) is 27.5.